The molecule has 3 rings (SSSR count). The summed E-state index contributed by atoms with van der Waals surface area (Å²) in [5, 5.41) is 12.8. The van der Waals surface area contributed by atoms with Crippen LogP contribution in [0.1, 0.15) is 18.6 Å². The average Bonchev–Trinajstić information content (AvgIpc) is 2.75. The van der Waals surface area contributed by atoms with E-state index in [0.717, 1.165) is 18.8 Å². The number of carbonyl (C=O) groups is 2. The van der Waals surface area contributed by atoms with E-state index in [0.29, 0.717) is 24.5 Å². The standard InChI is InChI=1S/C21H24N2O5/c1-15(28-21(26)19(24)16-5-3-2-4-6-16)20(25)22-17-7-9-18(10-8-17)23-11-13-27-14-12-23/h2-10,15,19,24H,11-14H2,1H3,(H,22,25)/t15-,19-/m1/s1. The molecule has 28 heavy (non-hydrogen) atoms. The number of hydrogen-bond acceptors (Lipinski definition) is 6. The molecule has 0 aliphatic carbocycles. The summed E-state index contributed by atoms with van der Waals surface area (Å²) in [6.07, 6.45) is -2.46. The van der Waals surface area contributed by atoms with E-state index in [1.54, 1.807) is 42.5 Å². The molecule has 2 N–H and O–H groups in total. The molecule has 0 aromatic heterocycles. The molecule has 1 aliphatic heterocycles. The first-order valence-corrected chi connectivity index (χ1v) is 9.22. The molecule has 1 fully saturated rings. The second-order valence-corrected chi connectivity index (χ2v) is 6.53. The normalized spacial score (nSPS) is 16.1. The Labute approximate surface area is 163 Å². The molecule has 7 nitrogen and oxygen atoms in total. The van der Waals surface area contributed by atoms with Gasteiger partial charge in [0.1, 0.15) is 0 Å². The second-order valence-electron chi connectivity index (χ2n) is 6.53. The van der Waals surface area contributed by atoms with Crippen LogP contribution in [0.15, 0.2) is 54.6 Å². The number of esters is 1. The van der Waals surface area contributed by atoms with E-state index < -0.39 is 24.1 Å². The van der Waals surface area contributed by atoms with Crippen molar-refractivity contribution in [3.05, 3.63) is 60.2 Å². The molecule has 1 amide bonds. The van der Waals surface area contributed by atoms with E-state index in [9.17, 15) is 14.7 Å². The van der Waals surface area contributed by atoms with Crippen LogP contribution in [0, 0.1) is 0 Å². The number of morpholine rings is 1. The van der Waals surface area contributed by atoms with Crippen molar-refractivity contribution in [2.24, 2.45) is 0 Å². The van der Waals surface area contributed by atoms with Gasteiger partial charge in [0.2, 0.25) is 0 Å². The quantitative estimate of drug-likeness (QED) is 0.742. The lowest BCUT2D eigenvalue weighted by Gasteiger charge is -2.29. The molecule has 0 spiro atoms. The van der Waals surface area contributed by atoms with E-state index in [1.807, 2.05) is 12.1 Å². The first kappa shape index (κ1) is 19.9. The van der Waals surface area contributed by atoms with Crippen LogP contribution in [-0.2, 0) is 19.1 Å². The molecule has 1 aliphatic rings. The maximum atomic E-state index is 12.3. The summed E-state index contributed by atoms with van der Waals surface area (Å²) in [5.74, 6) is -1.33. The number of nitrogens with zero attached hydrogens (tertiary/aromatic N) is 1. The maximum Gasteiger partial charge on any atom is 0.340 e. The van der Waals surface area contributed by atoms with Gasteiger partial charge in [-0.2, -0.15) is 0 Å². The van der Waals surface area contributed by atoms with Gasteiger partial charge in [-0.1, -0.05) is 30.3 Å². The minimum atomic E-state index is -1.43. The van der Waals surface area contributed by atoms with Crippen molar-refractivity contribution in [2.75, 3.05) is 36.5 Å². The smallest absolute Gasteiger partial charge is 0.340 e. The predicted octanol–water partition coefficient (Wildman–Crippen LogP) is 2.13. The number of aliphatic hydroxyl groups is 1. The number of aliphatic hydroxyl groups excluding tert-OH is 1. The van der Waals surface area contributed by atoms with E-state index >= 15 is 0 Å². The number of amides is 1. The van der Waals surface area contributed by atoms with Gasteiger partial charge >= 0.3 is 5.97 Å². The maximum absolute atomic E-state index is 12.3. The molecule has 0 saturated carbocycles. The monoisotopic (exact) mass is 384 g/mol. The molecule has 7 heteroatoms. The predicted molar refractivity (Wildman–Crippen MR) is 105 cm³/mol. The van der Waals surface area contributed by atoms with Gasteiger partial charge in [0.25, 0.3) is 5.91 Å². The SMILES string of the molecule is C[C@@H](OC(=O)[C@H](O)c1ccccc1)C(=O)Nc1ccc(N2CCOCC2)cc1. The topological polar surface area (TPSA) is 88.1 Å². The molecule has 148 valence electrons. The second kappa shape index (κ2) is 9.34. The number of rotatable bonds is 6. The number of anilines is 2. The van der Waals surface area contributed by atoms with E-state index in [2.05, 4.69) is 10.2 Å². The molecule has 2 aromatic rings. The Morgan fingerprint density at radius 1 is 1.07 bits per heavy atom. The third kappa shape index (κ3) is 5.09. The zero-order chi connectivity index (χ0) is 19.9. The molecular weight excluding hydrogens is 360 g/mol. The molecule has 0 bridgehead atoms. The first-order valence-electron chi connectivity index (χ1n) is 9.22. The van der Waals surface area contributed by atoms with Crippen LogP contribution in [0.5, 0.6) is 0 Å². The zero-order valence-electron chi connectivity index (χ0n) is 15.7. The summed E-state index contributed by atoms with van der Waals surface area (Å²) < 4.78 is 10.4. The fourth-order valence-corrected chi connectivity index (χ4v) is 2.88. The van der Waals surface area contributed by atoms with Crippen LogP contribution >= 0.6 is 0 Å². The fourth-order valence-electron chi connectivity index (χ4n) is 2.88. The molecule has 1 saturated heterocycles. The Morgan fingerprint density at radius 3 is 2.36 bits per heavy atom. The van der Waals surface area contributed by atoms with Crippen molar-refractivity contribution >= 4 is 23.3 Å². The van der Waals surface area contributed by atoms with Crippen LogP contribution in [0.3, 0.4) is 0 Å². The van der Waals surface area contributed by atoms with Gasteiger partial charge < -0.3 is 24.8 Å². The van der Waals surface area contributed by atoms with Gasteiger partial charge in [-0.15, -0.1) is 0 Å². The van der Waals surface area contributed by atoms with Gasteiger partial charge in [-0.25, -0.2) is 4.79 Å². The zero-order valence-corrected chi connectivity index (χ0v) is 15.7. The van der Waals surface area contributed by atoms with Crippen LogP contribution in [0.4, 0.5) is 11.4 Å². The molecule has 0 radical (unpaired) electrons. The van der Waals surface area contributed by atoms with Gasteiger partial charge in [0.15, 0.2) is 12.2 Å². The lowest BCUT2D eigenvalue weighted by Crippen LogP contribution is -2.36. The Kier molecular flexibility index (Phi) is 6.62. The number of carbonyl (C=O) groups excluding carboxylic acids is 2. The van der Waals surface area contributed by atoms with Crippen molar-refractivity contribution in [1.29, 1.82) is 0 Å². The molecule has 1 heterocycles. The molecule has 0 unspecified atom stereocenters. The Morgan fingerprint density at radius 2 is 1.71 bits per heavy atom. The van der Waals surface area contributed by atoms with Crippen LogP contribution in [-0.4, -0.2) is 49.4 Å². The lowest BCUT2D eigenvalue weighted by atomic mass is 10.1. The summed E-state index contributed by atoms with van der Waals surface area (Å²) in [6, 6.07) is 15.9. The Balaban J connectivity index is 1.53. The molecule has 2 aromatic carbocycles. The summed E-state index contributed by atoms with van der Waals surface area (Å²) in [4.78, 5) is 26.6. The van der Waals surface area contributed by atoms with Crippen LogP contribution in [0.2, 0.25) is 0 Å². The Hall–Kier alpha value is -2.90. The average molecular weight is 384 g/mol. The van der Waals surface area contributed by atoms with E-state index in [4.69, 9.17) is 9.47 Å². The number of hydrogen-bond donors (Lipinski definition) is 2. The highest BCUT2D eigenvalue weighted by molar-refractivity contribution is 5.95. The van der Waals surface area contributed by atoms with Crippen molar-refractivity contribution in [1.82, 2.24) is 0 Å². The third-order valence-corrected chi connectivity index (χ3v) is 4.51. The first-order chi connectivity index (χ1) is 13.5. The number of ether oxygens (including phenoxy) is 2. The molecule has 2 atom stereocenters. The molecular formula is C21H24N2O5. The number of nitrogens with one attached hydrogen (secondary N) is 1. The third-order valence-electron chi connectivity index (χ3n) is 4.51. The largest absolute Gasteiger partial charge is 0.450 e. The summed E-state index contributed by atoms with van der Waals surface area (Å²) in [7, 11) is 0. The van der Waals surface area contributed by atoms with Crippen molar-refractivity contribution in [3.63, 3.8) is 0 Å². The highest BCUT2D eigenvalue weighted by atomic mass is 16.6. The highest BCUT2D eigenvalue weighted by Gasteiger charge is 2.24. The summed E-state index contributed by atoms with van der Waals surface area (Å²) in [6.45, 7) is 4.55. The van der Waals surface area contributed by atoms with Gasteiger partial charge in [-0.3, -0.25) is 4.79 Å². The van der Waals surface area contributed by atoms with Crippen LogP contribution < -0.4 is 10.2 Å². The lowest BCUT2D eigenvalue weighted by molar-refractivity contribution is -0.162. The van der Waals surface area contributed by atoms with Crippen molar-refractivity contribution in [2.45, 2.75) is 19.1 Å². The summed E-state index contributed by atoms with van der Waals surface area (Å²) in [5.41, 5.74) is 2.08. The Bertz CT molecular complexity index is 788. The van der Waals surface area contributed by atoms with Crippen molar-refractivity contribution in [3.8, 4) is 0 Å². The summed E-state index contributed by atoms with van der Waals surface area (Å²) >= 11 is 0. The van der Waals surface area contributed by atoms with E-state index in [1.165, 1.54) is 6.92 Å². The van der Waals surface area contributed by atoms with E-state index in [-0.39, 0.29) is 0 Å². The minimum absolute atomic E-state index is 0.416. The number of benzene rings is 2. The van der Waals surface area contributed by atoms with Gasteiger partial charge in [0.05, 0.1) is 13.2 Å². The fraction of sp³-hybridized carbons (Fsp3) is 0.333. The van der Waals surface area contributed by atoms with Gasteiger partial charge in [0, 0.05) is 24.5 Å². The van der Waals surface area contributed by atoms with Crippen molar-refractivity contribution < 1.29 is 24.2 Å². The minimum Gasteiger partial charge on any atom is -0.450 e. The van der Waals surface area contributed by atoms with Gasteiger partial charge in [-0.05, 0) is 36.8 Å². The van der Waals surface area contributed by atoms with Crippen LogP contribution in [0.25, 0.3) is 0 Å². The highest BCUT2D eigenvalue weighted by Crippen LogP contribution is 2.20.